The number of hydrogen-bond acceptors (Lipinski definition) is 2. The van der Waals surface area contributed by atoms with E-state index in [1.807, 2.05) is 0 Å². The average molecular weight is 420 g/mol. The van der Waals surface area contributed by atoms with E-state index in [9.17, 15) is 0 Å². The lowest BCUT2D eigenvalue weighted by Crippen LogP contribution is -2.31. The standard InChI is InChI=1S/C17H28Br2N2/c1-5-21(6-2)11-7-8-13(3)20-14(4)16-10-9-15(18)12-17(16)19/h9-10,12-14,20H,5-8,11H2,1-4H3. The monoisotopic (exact) mass is 418 g/mol. The molecule has 2 atom stereocenters. The molecule has 0 aliphatic rings. The van der Waals surface area contributed by atoms with Crippen LogP contribution in [0.1, 0.15) is 52.1 Å². The first kappa shape index (κ1) is 19.1. The van der Waals surface area contributed by atoms with Crippen LogP contribution in [-0.4, -0.2) is 30.6 Å². The molecule has 1 rings (SSSR count). The fourth-order valence-electron chi connectivity index (χ4n) is 2.61. The van der Waals surface area contributed by atoms with Crippen molar-refractivity contribution in [3.63, 3.8) is 0 Å². The maximum Gasteiger partial charge on any atom is 0.0305 e. The van der Waals surface area contributed by atoms with Gasteiger partial charge in [-0.2, -0.15) is 0 Å². The van der Waals surface area contributed by atoms with Crippen molar-refractivity contribution in [3.05, 3.63) is 32.7 Å². The van der Waals surface area contributed by atoms with Crippen LogP contribution >= 0.6 is 31.9 Å². The molecular weight excluding hydrogens is 392 g/mol. The Bertz CT molecular complexity index is 419. The first-order valence-corrected chi connectivity index (χ1v) is 9.49. The van der Waals surface area contributed by atoms with Gasteiger partial charge in [-0.05, 0) is 64.0 Å². The summed E-state index contributed by atoms with van der Waals surface area (Å²) in [5.41, 5.74) is 1.31. The van der Waals surface area contributed by atoms with E-state index in [1.165, 1.54) is 24.9 Å². The number of hydrogen-bond donors (Lipinski definition) is 1. The first-order chi connectivity index (χ1) is 9.97. The van der Waals surface area contributed by atoms with Gasteiger partial charge < -0.3 is 10.2 Å². The lowest BCUT2D eigenvalue weighted by atomic mass is 10.1. The second-order valence-corrected chi connectivity index (χ2v) is 7.39. The quantitative estimate of drug-likeness (QED) is 0.578. The topological polar surface area (TPSA) is 15.3 Å². The number of nitrogens with zero attached hydrogens (tertiary/aromatic N) is 1. The summed E-state index contributed by atoms with van der Waals surface area (Å²) in [6.07, 6.45) is 2.47. The largest absolute Gasteiger partial charge is 0.308 e. The van der Waals surface area contributed by atoms with Crippen molar-refractivity contribution in [2.24, 2.45) is 0 Å². The Labute approximate surface area is 146 Å². The van der Waals surface area contributed by atoms with Gasteiger partial charge >= 0.3 is 0 Å². The summed E-state index contributed by atoms with van der Waals surface area (Å²) in [6.45, 7) is 12.5. The second kappa shape index (κ2) is 9.98. The van der Waals surface area contributed by atoms with Crippen LogP contribution in [0.2, 0.25) is 0 Å². The van der Waals surface area contributed by atoms with Gasteiger partial charge in [0.1, 0.15) is 0 Å². The van der Waals surface area contributed by atoms with Crippen LogP contribution in [0.25, 0.3) is 0 Å². The Morgan fingerprint density at radius 3 is 2.38 bits per heavy atom. The third kappa shape index (κ3) is 6.81. The van der Waals surface area contributed by atoms with E-state index in [0.717, 1.165) is 22.0 Å². The highest BCUT2D eigenvalue weighted by Crippen LogP contribution is 2.27. The normalized spacial score (nSPS) is 14.4. The number of halogens is 2. The Morgan fingerprint density at radius 2 is 1.81 bits per heavy atom. The highest BCUT2D eigenvalue weighted by Gasteiger charge is 2.12. The zero-order valence-corrected chi connectivity index (χ0v) is 16.8. The molecule has 0 fully saturated rings. The molecule has 1 aromatic carbocycles. The fraction of sp³-hybridized carbons (Fsp3) is 0.647. The lowest BCUT2D eigenvalue weighted by Gasteiger charge is -2.23. The number of benzene rings is 1. The summed E-state index contributed by atoms with van der Waals surface area (Å²) >= 11 is 7.15. The second-order valence-electron chi connectivity index (χ2n) is 5.62. The van der Waals surface area contributed by atoms with E-state index in [0.29, 0.717) is 12.1 Å². The zero-order valence-electron chi connectivity index (χ0n) is 13.6. The molecule has 2 nitrogen and oxygen atoms in total. The van der Waals surface area contributed by atoms with Gasteiger partial charge in [0.2, 0.25) is 0 Å². The van der Waals surface area contributed by atoms with Gasteiger partial charge in [-0.25, -0.2) is 0 Å². The first-order valence-electron chi connectivity index (χ1n) is 7.91. The van der Waals surface area contributed by atoms with Gasteiger partial charge in [-0.3, -0.25) is 0 Å². The summed E-state index contributed by atoms with van der Waals surface area (Å²) in [5, 5.41) is 3.70. The number of rotatable bonds is 9. The van der Waals surface area contributed by atoms with Gasteiger partial charge in [0.05, 0.1) is 0 Å². The van der Waals surface area contributed by atoms with Crippen molar-refractivity contribution in [3.8, 4) is 0 Å². The minimum absolute atomic E-state index is 0.357. The van der Waals surface area contributed by atoms with Crippen LogP contribution in [0.15, 0.2) is 27.1 Å². The summed E-state index contributed by atoms with van der Waals surface area (Å²) in [5.74, 6) is 0. The maximum atomic E-state index is 3.70. The van der Waals surface area contributed by atoms with Gasteiger partial charge in [0, 0.05) is 21.0 Å². The molecule has 120 valence electrons. The van der Waals surface area contributed by atoms with Crippen LogP contribution in [0.3, 0.4) is 0 Å². The van der Waals surface area contributed by atoms with E-state index >= 15 is 0 Å². The highest BCUT2D eigenvalue weighted by molar-refractivity contribution is 9.11. The SMILES string of the molecule is CCN(CC)CCCC(C)NC(C)c1ccc(Br)cc1Br. The smallest absolute Gasteiger partial charge is 0.0305 e. The molecule has 1 aromatic rings. The van der Waals surface area contributed by atoms with E-state index in [2.05, 4.69) is 88.0 Å². The fourth-order valence-corrected chi connectivity index (χ4v) is 4.00. The van der Waals surface area contributed by atoms with Crippen molar-refractivity contribution in [2.75, 3.05) is 19.6 Å². The number of nitrogens with one attached hydrogen (secondary N) is 1. The molecule has 0 aliphatic heterocycles. The molecule has 0 spiro atoms. The van der Waals surface area contributed by atoms with Crippen LogP contribution in [0.5, 0.6) is 0 Å². The van der Waals surface area contributed by atoms with E-state index in [-0.39, 0.29) is 0 Å². The van der Waals surface area contributed by atoms with Crippen molar-refractivity contribution in [1.82, 2.24) is 10.2 Å². The minimum Gasteiger partial charge on any atom is -0.308 e. The summed E-state index contributed by atoms with van der Waals surface area (Å²) in [6, 6.07) is 7.28. The molecular formula is C17H28Br2N2. The molecule has 21 heavy (non-hydrogen) atoms. The molecule has 0 aliphatic carbocycles. The molecule has 2 unspecified atom stereocenters. The summed E-state index contributed by atoms with van der Waals surface area (Å²) in [7, 11) is 0. The molecule has 0 saturated heterocycles. The van der Waals surface area contributed by atoms with Crippen molar-refractivity contribution in [1.29, 1.82) is 0 Å². The van der Waals surface area contributed by atoms with Gasteiger partial charge in [-0.1, -0.05) is 51.8 Å². The molecule has 4 heteroatoms. The molecule has 0 saturated carbocycles. The minimum atomic E-state index is 0.357. The van der Waals surface area contributed by atoms with Gasteiger partial charge in [0.25, 0.3) is 0 Å². The lowest BCUT2D eigenvalue weighted by molar-refractivity contribution is 0.288. The van der Waals surface area contributed by atoms with Gasteiger partial charge in [0.15, 0.2) is 0 Å². The van der Waals surface area contributed by atoms with E-state index in [4.69, 9.17) is 0 Å². The average Bonchev–Trinajstić information content (AvgIpc) is 2.43. The maximum absolute atomic E-state index is 3.70. The van der Waals surface area contributed by atoms with Crippen LogP contribution < -0.4 is 5.32 Å². The molecule has 0 heterocycles. The molecule has 0 bridgehead atoms. The van der Waals surface area contributed by atoms with Crippen molar-refractivity contribution < 1.29 is 0 Å². The third-order valence-electron chi connectivity index (χ3n) is 3.97. The van der Waals surface area contributed by atoms with Crippen molar-refractivity contribution in [2.45, 2.75) is 52.6 Å². The summed E-state index contributed by atoms with van der Waals surface area (Å²) < 4.78 is 2.27. The van der Waals surface area contributed by atoms with Crippen molar-refractivity contribution >= 4 is 31.9 Å². The predicted molar refractivity (Wildman–Crippen MR) is 99.9 cm³/mol. The molecule has 0 amide bonds. The van der Waals surface area contributed by atoms with E-state index < -0.39 is 0 Å². The molecule has 0 radical (unpaired) electrons. The summed E-state index contributed by atoms with van der Waals surface area (Å²) in [4.78, 5) is 2.49. The Balaban J connectivity index is 2.41. The van der Waals surface area contributed by atoms with Crippen LogP contribution in [0.4, 0.5) is 0 Å². The van der Waals surface area contributed by atoms with Gasteiger partial charge in [-0.15, -0.1) is 0 Å². The van der Waals surface area contributed by atoms with Crippen LogP contribution in [-0.2, 0) is 0 Å². The molecule has 1 N–H and O–H groups in total. The van der Waals surface area contributed by atoms with E-state index in [1.54, 1.807) is 0 Å². The third-order valence-corrected chi connectivity index (χ3v) is 5.15. The zero-order chi connectivity index (χ0) is 15.8. The predicted octanol–water partition coefficient (Wildman–Crippen LogP) is 5.37. The molecule has 0 aromatic heterocycles. The Kier molecular flexibility index (Phi) is 9.10. The Hall–Kier alpha value is 0.1000. The highest BCUT2D eigenvalue weighted by atomic mass is 79.9. The Morgan fingerprint density at radius 1 is 1.14 bits per heavy atom. The van der Waals surface area contributed by atoms with Crippen LogP contribution in [0, 0.1) is 0 Å².